The number of aliphatic hydroxyl groups excluding tert-OH is 1. The number of unbranched alkanes of at least 4 members (excludes halogenated alkanes) is 2. The van der Waals surface area contributed by atoms with E-state index in [1.165, 1.54) is 12.1 Å². The fraction of sp³-hybridized carbons (Fsp3) is 0.571. The molecule has 3 heteroatoms. The maximum Gasteiger partial charge on any atom is 0.123 e. The number of benzene rings is 1. The Bertz CT molecular complexity index is 300. The summed E-state index contributed by atoms with van der Waals surface area (Å²) in [6.07, 6.45) is 3.95. The molecule has 2 N–H and O–H groups in total. The zero-order chi connectivity index (χ0) is 12.5. The number of aliphatic hydroxyl groups is 1. The van der Waals surface area contributed by atoms with Crippen LogP contribution < -0.4 is 5.32 Å². The average molecular weight is 239 g/mol. The van der Waals surface area contributed by atoms with Gasteiger partial charge in [-0.15, -0.1) is 0 Å². The minimum Gasteiger partial charge on any atom is -0.396 e. The van der Waals surface area contributed by atoms with Crippen LogP contribution in [-0.4, -0.2) is 24.3 Å². The van der Waals surface area contributed by atoms with E-state index in [9.17, 15) is 4.39 Å². The molecule has 96 valence electrons. The van der Waals surface area contributed by atoms with E-state index in [1.54, 1.807) is 0 Å². The van der Waals surface area contributed by atoms with Crippen molar-refractivity contribution in [2.24, 2.45) is 0 Å². The van der Waals surface area contributed by atoms with Gasteiger partial charge in [-0.05, 0) is 56.8 Å². The quantitative estimate of drug-likeness (QED) is 0.683. The summed E-state index contributed by atoms with van der Waals surface area (Å²) in [5, 5.41) is 12.1. The Morgan fingerprint density at radius 3 is 2.53 bits per heavy atom. The molecule has 1 atom stereocenters. The smallest absolute Gasteiger partial charge is 0.123 e. The van der Waals surface area contributed by atoms with Gasteiger partial charge < -0.3 is 10.4 Å². The minimum absolute atomic E-state index is 0.182. The molecule has 1 aromatic carbocycles. The molecule has 0 bridgehead atoms. The molecule has 0 aromatic heterocycles. The lowest BCUT2D eigenvalue weighted by atomic mass is 10.1. The van der Waals surface area contributed by atoms with Gasteiger partial charge in [0.15, 0.2) is 0 Å². The Labute approximate surface area is 103 Å². The standard InChI is InChI=1S/C14H22FNO/c1-12(16-9-3-2-4-10-17)11-13-5-7-14(15)8-6-13/h5-8,12,16-17H,2-4,9-11H2,1H3. The second-order valence-electron chi connectivity index (χ2n) is 4.47. The highest BCUT2D eigenvalue weighted by molar-refractivity contribution is 5.16. The molecule has 0 radical (unpaired) electrons. The average Bonchev–Trinajstić information content (AvgIpc) is 2.32. The molecule has 1 unspecified atom stereocenters. The fourth-order valence-corrected chi connectivity index (χ4v) is 1.81. The van der Waals surface area contributed by atoms with Crippen molar-refractivity contribution in [3.63, 3.8) is 0 Å². The summed E-state index contributed by atoms with van der Waals surface area (Å²) >= 11 is 0. The van der Waals surface area contributed by atoms with E-state index in [4.69, 9.17) is 5.11 Å². The molecule has 0 saturated carbocycles. The number of nitrogens with one attached hydrogen (secondary N) is 1. The molecular weight excluding hydrogens is 217 g/mol. The summed E-state index contributed by atoms with van der Waals surface area (Å²) < 4.78 is 12.7. The summed E-state index contributed by atoms with van der Waals surface area (Å²) in [7, 11) is 0. The minimum atomic E-state index is -0.182. The van der Waals surface area contributed by atoms with E-state index in [0.717, 1.165) is 37.8 Å². The van der Waals surface area contributed by atoms with E-state index >= 15 is 0 Å². The van der Waals surface area contributed by atoms with Crippen LogP contribution in [0.4, 0.5) is 4.39 Å². The SMILES string of the molecule is CC(Cc1ccc(F)cc1)NCCCCCO. The molecule has 0 aliphatic heterocycles. The van der Waals surface area contributed by atoms with Gasteiger partial charge >= 0.3 is 0 Å². The van der Waals surface area contributed by atoms with Gasteiger partial charge in [0.05, 0.1) is 0 Å². The lowest BCUT2D eigenvalue weighted by Crippen LogP contribution is -2.29. The van der Waals surface area contributed by atoms with Gasteiger partial charge in [-0.2, -0.15) is 0 Å². The second-order valence-corrected chi connectivity index (χ2v) is 4.47. The third-order valence-corrected chi connectivity index (χ3v) is 2.78. The predicted molar refractivity (Wildman–Crippen MR) is 68.5 cm³/mol. The van der Waals surface area contributed by atoms with Crippen molar-refractivity contribution in [2.75, 3.05) is 13.2 Å². The van der Waals surface area contributed by atoms with Gasteiger partial charge in [0.25, 0.3) is 0 Å². The Morgan fingerprint density at radius 2 is 1.88 bits per heavy atom. The van der Waals surface area contributed by atoms with Crippen molar-refractivity contribution in [3.05, 3.63) is 35.6 Å². The third-order valence-electron chi connectivity index (χ3n) is 2.78. The normalized spacial score (nSPS) is 12.6. The zero-order valence-corrected chi connectivity index (χ0v) is 10.5. The van der Waals surface area contributed by atoms with E-state index in [1.807, 2.05) is 12.1 Å². The van der Waals surface area contributed by atoms with Gasteiger partial charge in [-0.3, -0.25) is 0 Å². The highest BCUT2D eigenvalue weighted by atomic mass is 19.1. The second kappa shape index (κ2) is 8.20. The van der Waals surface area contributed by atoms with Crippen LogP contribution in [-0.2, 0) is 6.42 Å². The van der Waals surface area contributed by atoms with Gasteiger partial charge in [0.1, 0.15) is 5.82 Å². The summed E-state index contributed by atoms with van der Waals surface area (Å²) in [5.74, 6) is -0.182. The van der Waals surface area contributed by atoms with Crippen LogP contribution in [0.3, 0.4) is 0 Å². The van der Waals surface area contributed by atoms with Crippen LogP contribution in [0.15, 0.2) is 24.3 Å². The highest BCUT2D eigenvalue weighted by Gasteiger charge is 2.02. The number of hydrogen-bond acceptors (Lipinski definition) is 2. The zero-order valence-electron chi connectivity index (χ0n) is 10.5. The number of rotatable bonds is 8. The molecule has 1 aromatic rings. The lowest BCUT2D eigenvalue weighted by molar-refractivity contribution is 0.282. The summed E-state index contributed by atoms with van der Waals surface area (Å²) in [6.45, 7) is 3.39. The van der Waals surface area contributed by atoms with Crippen LogP contribution in [0.2, 0.25) is 0 Å². The summed E-state index contributed by atoms with van der Waals surface area (Å²) in [5.41, 5.74) is 1.15. The summed E-state index contributed by atoms with van der Waals surface area (Å²) in [4.78, 5) is 0. The fourth-order valence-electron chi connectivity index (χ4n) is 1.81. The highest BCUT2D eigenvalue weighted by Crippen LogP contribution is 2.05. The van der Waals surface area contributed by atoms with Crippen LogP contribution >= 0.6 is 0 Å². The van der Waals surface area contributed by atoms with Gasteiger partial charge in [-0.1, -0.05) is 12.1 Å². The maximum atomic E-state index is 12.7. The van der Waals surface area contributed by atoms with Crippen molar-refractivity contribution >= 4 is 0 Å². The Morgan fingerprint density at radius 1 is 1.18 bits per heavy atom. The van der Waals surface area contributed by atoms with Crippen LogP contribution in [0, 0.1) is 5.82 Å². The van der Waals surface area contributed by atoms with Crippen molar-refractivity contribution < 1.29 is 9.50 Å². The van der Waals surface area contributed by atoms with Crippen LogP contribution in [0.25, 0.3) is 0 Å². The molecule has 0 aliphatic rings. The molecule has 0 saturated heterocycles. The molecule has 0 spiro atoms. The molecule has 0 fully saturated rings. The van der Waals surface area contributed by atoms with Crippen LogP contribution in [0.1, 0.15) is 31.7 Å². The van der Waals surface area contributed by atoms with E-state index in [-0.39, 0.29) is 12.4 Å². The first kappa shape index (κ1) is 14.1. The first-order chi connectivity index (χ1) is 8.22. The van der Waals surface area contributed by atoms with E-state index < -0.39 is 0 Å². The first-order valence-corrected chi connectivity index (χ1v) is 6.31. The largest absolute Gasteiger partial charge is 0.396 e. The monoisotopic (exact) mass is 239 g/mol. The van der Waals surface area contributed by atoms with Gasteiger partial charge in [0.2, 0.25) is 0 Å². The van der Waals surface area contributed by atoms with Gasteiger partial charge in [0, 0.05) is 12.6 Å². The van der Waals surface area contributed by atoms with Crippen molar-refractivity contribution in [1.82, 2.24) is 5.32 Å². The molecule has 17 heavy (non-hydrogen) atoms. The van der Waals surface area contributed by atoms with Crippen molar-refractivity contribution in [1.29, 1.82) is 0 Å². The number of halogens is 1. The van der Waals surface area contributed by atoms with Crippen molar-refractivity contribution in [2.45, 2.75) is 38.6 Å². The predicted octanol–water partition coefficient (Wildman–Crippen LogP) is 2.51. The Balaban J connectivity index is 2.16. The van der Waals surface area contributed by atoms with E-state index in [2.05, 4.69) is 12.2 Å². The molecule has 0 aliphatic carbocycles. The van der Waals surface area contributed by atoms with Gasteiger partial charge in [-0.25, -0.2) is 4.39 Å². The Hall–Kier alpha value is -0.930. The summed E-state index contributed by atoms with van der Waals surface area (Å²) in [6, 6.07) is 7.07. The van der Waals surface area contributed by atoms with E-state index in [0.29, 0.717) is 6.04 Å². The molecule has 0 amide bonds. The third kappa shape index (κ3) is 6.39. The molecule has 2 nitrogen and oxygen atoms in total. The topological polar surface area (TPSA) is 32.3 Å². The maximum absolute atomic E-state index is 12.7. The van der Waals surface area contributed by atoms with Crippen LogP contribution in [0.5, 0.6) is 0 Å². The first-order valence-electron chi connectivity index (χ1n) is 6.31. The lowest BCUT2D eigenvalue weighted by Gasteiger charge is -2.13. The number of hydrogen-bond donors (Lipinski definition) is 2. The molecule has 0 heterocycles. The molecule has 1 rings (SSSR count). The molecular formula is C14H22FNO. The van der Waals surface area contributed by atoms with Crippen molar-refractivity contribution in [3.8, 4) is 0 Å². The Kier molecular flexibility index (Phi) is 6.82.